The van der Waals surface area contributed by atoms with Crippen LogP contribution in [0.15, 0.2) is 113 Å². The maximum absolute atomic E-state index is 14.1. The second-order valence-electron chi connectivity index (χ2n) is 11.1. The molecule has 1 aliphatic heterocycles. The maximum atomic E-state index is 14.1. The number of ether oxygens (including phenoxy) is 4. The quantitative estimate of drug-likeness (QED) is 0.151. The van der Waals surface area contributed by atoms with Crippen molar-refractivity contribution >= 4 is 29.3 Å². The van der Waals surface area contributed by atoms with Gasteiger partial charge < -0.3 is 24.3 Å². The van der Waals surface area contributed by atoms with Gasteiger partial charge in [-0.25, -0.2) is 5.01 Å². The Bertz CT molecular complexity index is 1950. The number of hydrazone groups is 1. The summed E-state index contributed by atoms with van der Waals surface area (Å²) in [5.41, 5.74) is 3.20. The number of aromatic nitrogens is 3. The van der Waals surface area contributed by atoms with Gasteiger partial charge in [0.2, 0.25) is 0 Å². The lowest BCUT2D eigenvalue weighted by atomic mass is 9.97. The van der Waals surface area contributed by atoms with Gasteiger partial charge in [-0.3, -0.25) is 14.2 Å². The molecule has 2 amide bonds. The van der Waals surface area contributed by atoms with E-state index in [0.717, 1.165) is 28.3 Å². The van der Waals surface area contributed by atoms with Crippen LogP contribution in [0.4, 0.5) is 0 Å². The molecule has 1 N–H and O–H groups in total. The fourth-order valence-corrected chi connectivity index (χ4v) is 6.37. The monoisotopic (exact) mass is 692 g/mol. The second-order valence-corrected chi connectivity index (χ2v) is 12.0. The summed E-state index contributed by atoms with van der Waals surface area (Å²) in [6.07, 6.45) is 0.463. The summed E-state index contributed by atoms with van der Waals surface area (Å²) in [7, 11) is 4.78. The first kappa shape index (κ1) is 34.1. The van der Waals surface area contributed by atoms with Crippen molar-refractivity contribution in [3.8, 4) is 28.7 Å². The topological polar surface area (TPSA) is 129 Å². The number of nitrogens with zero attached hydrogens (tertiary/aromatic N) is 5. The average Bonchev–Trinajstić information content (AvgIpc) is 3.80. The first-order chi connectivity index (χ1) is 24.5. The highest BCUT2D eigenvalue weighted by Gasteiger charge is 2.36. The fraction of sp³-hybridized carbons (Fsp3) is 0.216. The minimum Gasteiger partial charge on any atom is -0.497 e. The molecule has 0 fully saturated rings. The van der Waals surface area contributed by atoms with E-state index in [-0.39, 0.29) is 30.7 Å². The van der Waals surface area contributed by atoms with Crippen LogP contribution in [0, 0.1) is 0 Å². The second kappa shape index (κ2) is 16.1. The lowest BCUT2D eigenvalue weighted by Gasteiger charge is -2.24. The highest BCUT2D eigenvalue weighted by molar-refractivity contribution is 7.99. The molecule has 2 heterocycles. The van der Waals surface area contributed by atoms with E-state index >= 15 is 0 Å². The SMILES string of the molecule is COc1ccc(C2=NN(C(=O)CSc3nnc(CNC(=O)COc4ccccc4)n3-c3ccccc3)C(c3cccc(OC)c3OC)C2)cc1. The highest BCUT2D eigenvalue weighted by atomic mass is 32.2. The first-order valence-electron chi connectivity index (χ1n) is 15.8. The largest absolute Gasteiger partial charge is 0.497 e. The van der Waals surface area contributed by atoms with Crippen molar-refractivity contribution < 1.29 is 28.5 Å². The molecule has 13 heteroatoms. The van der Waals surface area contributed by atoms with E-state index in [4.69, 9.17) is 24.0 Å². The number of hydrogen-bond acceptors (Lipinski definition) is 10. The van der Waals surface area contributed by atoms with Crippen LogP contribution >= 0.6 is 11.8 Å². The number of amides is 2. The van der Waals surface area contributed by atoms with E-state index in [1.165, 1.54) is 16.8 Å². The molecule has 6 rings (SSSR count). The molecule has 4 aromatic carbocycles. The molecule has 1 aromatic heterocycles. The number of carbonyl (C=O) groups excluding carboxylic acids is 2. The zero-order chi connectivity index (χ0) is 34.9. The molecule has 0 saturated heterocycles. The van der Waals surface area contributed by atoms with Crippen molar-refractivity contribution in [2.24, 2.45) is 5.10 Å². The minimum absolute atomic E-state index is 0.0183. The number of para-hydroxylation sites is 3. The van der Waals surface area contributed by atoms with Crippen molar-refractivity contribution in [3.05, 3.63) is 120 Å². The van der Waals surface area contributed by atoms with Crippen molar-refractivity contribution in [1.29, 1.82) is 0 Å². The van der Waals surface area contributed by atoms with E-state index in [0.29, 0.717) is 34.7 Å². The highest BCUT2D eigenvalue weighted by Crippen LogP contribution is 2.42. The molecule has 1 unspecified atom stereocenters. The molecular formula is C37H36N6O6S. The Hall–Kier alpha value is -5.82. The third-order valence-corrected chi connectivity index (χ3v) is 8.89. The van der Waals surface area contributed by atoms with Crippen molar-refractivity contribution in [2.75, 3.05) is 33.7 Å². The zero-order valence-electron chi connectivity index (χ0n) is 27.8. The van der Waals surface area contributed by atoms with Crippen molar-refractivity contribution in [2.45, 2.75) is 24.2 Å². The minimum atomic E-state index is -0.443. The molecule has 50 heavy (non-hydrogen) atoms. The van der Waals surface area contributed by atoms with Crippen LogP contribution in [0.5, 0.6) is 23.0 Å². The smallest absolute Gasteiger partial charge is 0.258 e. The Morgan fingerprint density at radius 2 is 1.56 bits per heavy atom. The van der Waals surface area contributed by atoms with E-state index in [2.05, 4.69) is 15.5 Å². The number of rotatable bonds is 14. The summed E-state index contributed by atoms with van der Waals surface area (Å²) in [4.78, 5) is 26.7. The summed E-state index contributed by atoms with van der Waals surface area (Å²) in [5.74, 6) is 2.41. The van der Waals surface area contributed by atoms with Gasteiger partial charge in [0.25, 0.3) is 11.8 Å². The van der Waals surface area contributed by atoms with E-state index in [1.54, 1.807) is 33.5 Å². The molecule has 0 spiro atoms. The number of hydrogen-bond donors (Lipinski definition) is 1. The van der Waals surface area contributed by atoms with Crippen molar-refractivity contribution in [1.82, 2.24) is 25.1 Å². The Balaban J connectivity index is 1.22. The standard InChI is InChI=1S/C37H36N6O6S/c1-46-27-19-17-25(18-20-27)30-21-31(29-15-10-16-32(47-2)36(29)48-3)43(41-30)35(45)24-50-37-40-39-33(42(37)26-11-6-4-7-12-26)22-38-34(44)23-49-28-13-8-5-9-14-28/h4-20,31H,21-24H2,1-3H3,(H,38,44). The lowest BCUT2D eigenvalue weighted by Crippen LogP contribution is -2.29. The van der Waals surface area contributed by atoms with E-state index < -0.39 is 6.04 Å². The molecule has 0 aliphatic carbocycles. The van der Waals surface area contributed by atoms with Gasteiger partial charge in [0, 0.05) is 17.7 Å². The van der Waals surface area contributed by atoms with Crippen molar-refractivity contribution in [3.63, 3.8) is 0 Å². The Morgan fingerprint density at radius 1 is 0.820 bits per heavy atom. The predicted molar refractivity (Wildman–Crippen MR) is 189 cm³/mol. The lowest BCUT2D eigenvalue weighted by molar-refractivity contribution is -0.130. The van der Waals surface area contributed by atoms with Gasteiger partial charge in [-0.2, -0.15) is 5.10 Å². The molecule has 0 bridgehead atoms. The molecular weight excluding hydrogens is 657 g/mol. The maximum Gasteiger partial charge on any atom is 0.258 e. The summed E-state index contributed by atoms with van der Waals surface area (Å²) >= 11 is 1.24. The van der Waals surface area contributed by atoms with Crippen LogP contribution < -0.4 is 24.3 Å². The van der Waals surface area contributed by atoms with Crippen LogP contribution in [0.3, 0.4) is 0 Å². The molecule has 0 saturated carbocycles. The molecule has 5 aromatic rings. The van der Waals surface area contributed by atoms with Gasteiger partial charge in [-0.1, -0.05) is 60.3 Å². The van der Waals surface area contributed by atoms with Gasteiger partial charge in [0.1, 0.15) is 11.5 Å². The van der Waals surface area contributed by atoms with E-state index in [9.17, 15) is 9.59 Å². The first-order valence-corrected chi connectivity index (χ1v) is 16.8. The Labute approximate surface area is 294 Å². The van der Waals surface area contributed by atoms with Gasteiger partial charge in [-0.05, 0) is 60.2 Å². The van der Waals surface area contributed by atoms with Crippen LogP contribution in [-0.2, 0) is 16.1 Å². The fourth-order valence-electron chi connectivity index (χ4n) is 5.55. The summed E-state index contributed by atoms with van der Waals surface area (Å²) in [6, 6.07) is 31.4. The Kier molecular flexibility index (Phi) is 10.9. The van der Waals surface area contributed by atoms with E-state index in [1.807, 2.05) is 95.6 Å². The van der Waals surface area contributed by atoms with Gasteiger partial charge in [-0.15, -0.1) is 10.2 Å². The molecule has 256 valence electrons. The van der Waals surface area contributed by atoms with Crippen LogP contribution in [0.2, 0.25) is 0 Å². The van der Waals surface area contributed by atoms with Crippen LogP contribution in [-0.4, -0.2) is 71.0 Å². The van der Waals surface area contributed by atoms with Gasteiger partial charge in [0.15, 0.2) is 29.1 Å². The zero-order valence-corrected chi connectivity index (χ0v) is 28.6. The molecule has 1 atom stereocenters. The van der Waals surface area contributed by atoms with Gasteiger partial charge in [0.05, 0.1) is 45.4 Å². The number of nitrogens with one attached hydrogen (secondary N) is 1. The summed E-state index contributed by atoms with van der Waals surface area (Å²) in [6.45, 7) is -0.0412. The number of thioether (sulfide) groups is 1. The van der Waals surface area contributed by atoms with Crippen LogP contribution in [0.25, 0.3) is 5.69 Å². The third kappa shape index (κ3) is 7.73. The number of methoxy groups -OCH3 is 3. The number of benzene rings is 4. The molecule has 0 radical (unpaired) electrons. The summed E-state index contributed by atoms with van der Waals surface area (Å²) in [5, 5.41) is 18.5. The normalized spacial score (nSPS) is 13.8. The van der Waals surface area contributed by atoms with Crippen LogP contribution in [0.1, 0.15) is 29.4 Å². The Morgan fingerprint density at radius 3 is 2.26 bits per heavy atom. The van der Waals surface area contributed by atoms with Gasteiger partial charge >= 0.3 is 0 Å². The summed E-state index contributed by atoms with van der Waals surface area (Å²) < 4.78 is 24.1. The third-order valence-electron chi connectivity index (χ3n) is 7.98. The molecule has 12 nitrogen and oxygen atoms in total. The average molecular weight is 693 g/mol. The predicted octanol–water partition coefficient (Wildman–Crippen LogP) is 5.46. The number of carbonyl (C=O) groups is 2. The molecule has 1 aliphatic rings.